The Morgan fingerprint density at radius 2 is 1.94 bits per heavy atom. The van der Waals surface area contributed by atoms with Crippen molar-refractivity contribution >= 4 is 16.5 Å². The summed E-state index contributed by atoms with van der Waals surface area (Å²) in [5, 5.41) is 6.17. The Balaban J connectivity index is 1.97. The highest BCUT2D eigenvalue weighted by molar-refractivity contribution is 5.94. The van der Waals surface area contributed by atoms with Gasteiger partial charge >= 0.3 is 0 Å². The fourth-order valence-electron chi connectivity index (χ4n) is 2.88. The van der Waals surface area contributed by atoms with Gasteiger partial charge in [-0.15, -0.1) is 0 Å². The number of nitrogens with one attached hydrogen (secondary N) is 1. The second-order valence-electron chi connectivity index (χ2n) is 5.11. The molecule has 1 heterocycles. The molecule has 1 aliphatic rings. The fourth-order valence-corrected chi connectivity index (χ4v) is 2.88. The van der Waals surface area contributed by atoms with Gasteiger partial charge < -0.3 is 10.2 Å². The molecule has 1 aliphatic heterocycles. The average Bonchev–Trinajstić information content (AvgIpc) is 2.47. The normalized spacial score (nSPS) is 19.9. The van der Waals surface area contributed by atoms with E-state index < -0.39 is 0 Å². The van der Waals surface area contributed by atoms with E-state index in [2.05, 4.69) is 59.7 Å². The molecule has 0 saturated carbocycles. The number of likely N-dealkylation sites (N-methyl/N-ethyl adjacent to an activating group) is 1. The summed E-state index contributed by atoms with van der Waals surface area (Å²) in [5.41, 5.74) is 1.35. The van der Waals surface area contributed by atoms with Crippen LogP contribution < -0.4 is 10.2 Å². The molecule has 2 nitrogen and oxygen atoms in total. The first kappa shape index (κ1) is 11.5. The maximum Gasteiger partial charge on any atom is 0.0446 e. The summed E-state index contributed by atoms with van der Waals surface area (Å²) in [4.78, 5) is 2.44. The lowest BCUT2D eigenvalue weighted by Crippen LogP contribution is -2.44. The van der Waals surface area contributed by atoms with E-state index in [1.807, 2.05) is 0 Å². The van der Waals surface area contributed by atoms with Gasteiger partial charge in [-0.1, -0.05) is 36.4 Å². The molecular formula is C16H20N2. The molecule has 0 bridgehead atoms. The summed E-state index contributed by atoms with van der Waals surface area (Å²) in [7, 11) is 2.22. The zero-order chi connectivity index (χ0) is 12.4. The molecule has 2 aromatic carbocycles. The average molecular weight is 240 g/mol. The molecule has 1 atom stereocenters. The summed E-state index contributed by atoms with van der Waals surface area (Å²) < 4.78 is 0. The molecule has 1 unspecified atom stereocenters. The van der Waals surface area contributed by atoms with Crippen molar-refractivity contribution in [1.29, 1.82) is 0 Å². The highest BCUT2D eigenvalue weighted by atomic mass is 15.2. The van der Waals surface area contributed by atoms with Gasteiger partial charge in [-0.2, -0.15) is 0 Å². The summed E-state index contributed by atoms with van der Waals surface area (Å²) in [6, 6.07) is 15.8. The van der Waals surface area contributed by atoms with Gasteiger partial charge in [0.15, 0.2) is 0 Å². The zero-order valence-electron chi connectivity index (χ0n) is 10.9. The number of anilines is 1. The molecule has 1 saturated heterocycles. The monoisotopic (exact) mass is 240 g/mol. The van der Waals surface area contributed by atoms with Crippen LogP contribution in [0.25, 0.3) is 10.8 Å². The Hall–Kier alpha value is -1.54. The lowest BCUT2D eigenvalue weighted by Gasteiger charge is -2.34. The van der Waals surface area contributed by atoms with E-state index in [1.54, 1.807) is 0 Å². The van der Waals surface area contributed by atoms with Crippen molar-refractivity contribution in [3.05, 3.63) is 42.5 Å². The minimum absolute atomic E-state index is 0.615. The van der Waals surface area contributed by atoms with E-state index in [4.69, 9.17) is 0 Å². The SMILES string of the molecule is CN(c1cccc2ccccc12)C1CCCNC1. The lowest BCUT2D eigenvalue weighted by molar-refractivity contribution is 0.445. The van der Waals surface area contributed by atoms with Crippen molar-refractivity contribution in [3.8, 4) is 0 Å². The number of nitrogens with zero attached hydrogens (tertiary/aromatic N) is 1. The molecule has 0 spiro atoms. The quantitative estimate of drug-likeness (QED) is 0.868. The van der Waals surface area contributed by atoms with Crippen LogP contribution in [0.1, 0.15) is 12.8 Å². The lowest BCUT2D eigenvalue weighted by atomic mass is 10.0. The predicted octanol–water partition coefficient (Wildman–Crippen LogP) is 3.03. The van der Waals surface area contributed by atoms with Crippen LogP contribution in [0.3, 0.4) is 0 Å². The smallest absolute Gasteiger partial charge is 0.0446 e. The van der Waals surface area contributed by atoms with E-state index >= 15 is 0 Å². The highest BCUT2D eigenvalue weighted by Crippen LogP contribution is 2.28. The fraction of sp³-hybridized carbons (Fsp3) is 0.375. The van der Waals surface area contributed by atoms with Crippen LogP contribution in [0.4, 0.5) is 5.69 Å². The van der Waals surface area contributed by atoms with Gasteiger partial charge in [-0.25, -0.2) is 0 Å². The van der Waals surface area contributed by atoms with E-state index in [0.717, 1.165) is 6.54 Å². The first-order chi connectivity index (χ1) is 8.86. The van der Waals surface area contributed by atoms with Gasteiger partial charge in [0.25, 0.3) is 0 Å². The standard InChI is InChI=1S/C16H20N2/c1-18(14-8-5-11-17-12-14)16-10-4-7-13-6-2-3-9-15(13)16/h2-4,6-7,9-10,14,17H,5,8,11-12H2,1H3. The first-order valence-electron chi connectivity index (χ1n) is 6.77. The van der Waals surface area contributed by atoms with Crippen molar-refractivity contribution < 1.29 is 0 Å². The van der Waals surface area contributed by atoms with E-state index in [-0.39, 0.29) is 0 Å². The van der Waals surface area contributed by atoms with E-state index in [9.17, 15) is 0 Å². The first-order valence-corrected chi connectivity index (χ1v) is 6.77. The summed E-state index contributed by atoms with van der Waals surface area (Å²) >= 11 is 0. The topological polar surface area (TPSA) is 15.3 Å². The van der Waals surface area contributed by atoms with Crippen molar-refractivity contribution in [3.63, 3.8) is 0 Å². The van der Waals surface area contributed by atoms with Gasteiger partial charge in [0.05, 0.1) is 0 Å². The molecule has 1 N–H and O–H groups in total. The largest absolute Gasteiger partial charge is 0.370 e. The molecular weight excluding hydrogens is 220 g/mol. The van der Waals surface area contributed by atoms with Crippen LogP contribution in [-0.4, -0.2) is 26.2 Å². The molecule has 2 heteroatoms. The van der Waals surface area contributed by atoms with Gasteiger partial charge in [0.2, 0.25) is 0 Å². The molecule has 0 amide bonds. The third-order valence-electron chi connectivity index (χ3n) is 3.97. The molecule has 0 radical (unpaired) electrons. The Bertz CT molecular complexity index is 524. The maximum absolute atomic E-state index is 3.49. The molecule has 0 aromatic heterocycles. The number of hydrogen-bond acceptors (Lipinski definition) is 2. The Kier molecular flexibility index (Phi) is 3.20. The van der Waals surface area contributed by atoms with Crippen LogP contribution in [-0.2, 0) is 0 Å². The Morgan fingerprint density at radius 1 is 1.11 bits per heavy atom. The van der Waals surface area contributed by atoms with Crippen LogP contribution in [0.15, 0.2) is 42.5 Å². The zero-order valence-corrected chi connectivity index (χ0v) is 10.9. The van der Waals surface area contributed by atoms with E-state index in [0.29, 0.717) is 6.04 Å². The third kappa shape index (κ3) is 2.08. The molecule has 18 heavy (non-hydrogen) atoms. The van der Waals surface area contributed by atoms with Crippen molar-refractivity contribution in [2.45, 2.75) is 18.9 Å². The van der Waals surface area contributed by atoms with Crippen LogP contribution in [0.2, 0.25) is 0 Å². The molecule has 3 rings (SSSR count). The second kappa shape index (κ2) is 4.99. The van der Waals surface area contributed by atoms with Crippen LogP contribution in [0.5, 0.6) is 0 Å². The van der Waals surface area contributed by atoms with Crippen molar-refractivity contribution in [2.75, 3.05) is 25.0 Å². The summed E-state index contributed by atoms with van der Waals surface area (Å²) in [6.45, 7) is 2.26. The maximum atomic E-state index is 3.49. The Morgan fingerprint density at radius 3 is 2.78 bits per heavy atom. The van der Waals surface area contributed by atoms with Gasteiger partial charge in [-0.3, -0.25) is 0 Å². The molecule has 0 aliphatic carbocycles. The molecule has 2 aromatic rings. The molecule has 1 fully saturated rings. The third-order valence-corrected chi connectivity index (χ3v) is 3.97. The minimum atomic E-state index is 0.615. The number of benzene rings is 2. The van der Waals surface area contributed by atoms with Crippen LogP contribution >= 0.6 is 0 Å². The number of fused-ring (bicyclic) bond motifs is 1. The van der Waals surface area contributed by atoms with Gasteiger partial charge in [-0.05, 0) is 30.8 Å². The van der Waals surface area contributed by atoms with Gasteiger partial charge in [0.1, 0.15) is 0 Å². The highest BCUT2D eigenvalue weighted by Gasteiger charge is 2.19. The molecule has 94 valence electrons. The summed E-state index contributed by atoms with van der Waals surface area (Å²) in [6.07, 6.45) is 2.56. The number of piperidine rings is 1. The van der Waals surface area contributed by atoms with Crippen molar-refractivity contribution in [2.24, 2.45) is 0 Å². The Labute approximate surface area is 109 Å². The predicted molar refractivity (Wildman–Crippen MR) is 78.2 cm³/mol. The van der Waals surface area contributed by atoms with E-state index in [1.165, 1.54) is 35.8 Å². The number of rotatable bonds is 2. The minimum Gasteiger partial charge on any atom is -0.370 e. The van der Waals surface area contributed by atoms with Crippen molar-refractivity contribution in [1.82, 2.24) is 5.32 Å². The van der Waals surface area contributed by atoms with Crippen LogP contribution in [0, 0.1) is 0 Å². The van der Waals surface area contributed by atoms with Gasteiger partial charge in [0, 0.05) is 30.7 Å². The second-order valence-corrected chi connectivity index (χ2v) is 5.11. The number of hydrogen-bond donors (Lipinski definition) is 1. The summed E-state index contributed by atoms with van der Waals surface area (Å²) in [5.74, 6) is 0.